The molecule has 1 amide bonds. The van der Waals surface area contributed by atoms with Crippen LogP contribution in [-0.2, 0) is 4.79 Å². The van der Waals surface area contributed by atoms with Gasteiger partial charge in [0.15, 0.2) is 0 Å². The number of carboxylic acid groups (broad SMARTS) is 1. The van der Waals surface area contributed by atoms with Gasteiger partial charge in [-0.2, -0.15) is 0 Å². The fraction of sp³-hybridized carbons (Fsp3) is 0.200. The summed E-state index contributed by atoms with van der Waals surface area (Å²) < 4.78 is 5.85. The van der Waals surface area contributed by atoms with Gasteiger partial charge in [0.1, 0.15) is 5.75 Å². The molecular weight excluding hydrogens is 278 g/mol. The smallest absolute Gasteiger partial charge is 0.335 e. The number of halogens is 1. The molecule has 1 aromatic carbocycles. The van der Waals surface area contributed by atoms with E-state index < -0.39 is 11.9 Å². The monoisotopic (exact) mass is 287 g/mol. The van der Waals surface area contributed by atoms with Crippen LogP contribution in [0.15, 0.2) is 22.7 Å². The van der Waals surface area contributed by atoms with Crippen molar-refractivity contribution in [3.8, 4) is 5.75 Å². The van der Waals surface area contributed by atoms with Gasteiger partial charge < -0.3 is 15.6 Å². The maximum atomic E-state index is 10.7. The molecule has 0 saturated carbocycles. The third-order valence-corrected chi connectivity index (χ3v) is 2.44. The Morgan fingerprint density at radius 2 is 2.12 bits per heavy atom. The molecule has 16 heavy (non-hydrogen) atoms. The maximum Gasteiger partial charge on any atom is 0.335 e. The Hall–Kier alpha value is -1.56. The van der Waals surface area contributed by atoms with Gasteiger partial charge in [0.2, 0.25) is 5.91 Å². The van der Waals surface area contributed by atoms with Crippen molar-refractivity contribution in [3.63, 3.8) is 0 Å². The number of benzene rings is 1. The zero-order valence-electron chi connectivity index (χ0n) is 8.27. The number of rotatable bonds is 5. The number of carboxylic acids is 1. The number of amides is 1. The molecule has 0 radical (unpaired) electrons. The summed E-state index contributed by atoms with van der Waals surface area (Å²) in [7, 11) is 0. The van der Waals surface area contributed by atoms with Crippen LogP contribution in [0.4, 0.5) is 0 Å². The van der Waals surface area contributed by atoms with Crippen molar-refractivity contribution >= 4 is 27.8 Å². The van der Waals surface area contributed by atoms with E-state index in [1.54, 1.807) is 6.07 Å². The van der Waals surface area contributed by atoms with Crippen molar-refractivity contribution < 1.29 is 19.4 Å². The quantitative estimate of drug-likeness (QED) is 0.857. The summed E-state index contributed by atoms with van der Waals surface area (Å²) in [5, 5.41) is 8.77. The number of nitrogens with two attached hydrogens (primary N) is 1. The van der Waals surface area contributed by atoms with E-state index in [9.17, 15) is 9.59 Å². The third-order valence-electron chi connectivity index (χ3n) is 1.78. The van der Waals surface area contributed by atoms with Gasteiger partial charge >= 0.3 is 5.97 Å². The first-order valence-electron chi connectivity index (χ1n) is 4.44. The summed E-state index contributed by atoms with van der Waals surface area (Å²) in [5.74, 6) is -1.13. The largest absolute Gasteiger partial charge is 0.492 e. The first-order chi connectivity index (χ1) is 7.50. The topological polar surface area (TPSA) is 89.6 Å². The highest BCUT2D eigenvalue weighted by Gasteiger charge is 2.08. The molecule has 0 spiro atoms. The Morgan fingerprint density at radius 1 is 1.44 bits per heavy atom. The lowest BCUT2D eigenvalue weighted by atomic mass is 10.2. The molecule has 0 heterocycles. The molecule has 0 aliphatic carbocycles. The second kappa shape index (κ2) is 5.50. The van der Waals surface area contributed by atoms with Crippen molar-refractivity contribution in [1.29, 1.82) is 0 Å². The minimum Gasteiger partial charge on any atom is -0.492 e. The number of aromatic carboxylic acids is 1. The first-order valence-corrected chi connectivity index (χ1v) is 5.24. The normalized spacial score (nSPS) is 9.81. The van der Waals surface area contributed by atoms with Gasteiger partial charge in [-0.25, -0.2) is 4.79 Å². The lowest BCUT2D eigenvalue weighted by Crippen LogP contribution is -2.14. The molecule has 0 aromatic heterocycles. The number of ether oxygens (including phenoxy) is 1. The van der Waals surface area contributed by atoms with Gasteiger partial charge in [-0.3, -0.25) is 4.79 Å². The standard InChI is InChI=1S/C10H10BrNO4/c11-7-2-1-6(10(14)15)5-8(7)16-4-3-9(12)13/h1-2,5H,3-4H2,(H2,12,13)(H,14,15). The van der Waals surface area contributed by atoms with Crippen molar-refractivity contribution in [3.05, 3.63) is 28.2 Å². The highest BCUT2D eigenvalue weighted by atomic mass is 79.9. The molecule has 1 rings (SSSR count). The number of hydrogen-bond acceptors (Lipinski definition) is 3. The molecule has 0 unspecified atom stereocenters. The first kappa shape index (κ1) is 12.5. The molecule has 0 aliphatic heterocycles. The Balaban J connectivity index is 2.74. The van der Waals surface area contributed by atoms with Crippen molar-refractivity contribution in [1.82, 2.24) is 0 Å². The Bertz CT molecular complexity index is 419. The Kier molecular flexibility index (Phi) is 4.30. The van der Waals surface area contributed by atoms with Crippen LogP contribution in [0.1, 0.15) is 16.8 Å². The fourth-order valence-corrected chi connectivity index (χ4v) is 1.37. The van der Waals surface area contributed by atoms with Gasteiger partial charge in [-0.05, 0) is 34.1 Å². The van der Waals surface area contributed by atoms with E-state index in [1.807, 2.05) is 0 Å². The predicted molar refractivity (Wildman–Crippen MR) is 60.4 cm³/mol. The molecule has 0 aliphatic rings. The van der Waals surface area contributed by atoms with Crippen molar-refractivity contribution in [2.24, 2.45) is 5.73 Å². The summed E-state index contributed by atoms with van der Waals surface area (Å²) in [6, 6.07) is 4.41. The van der Waals surface area contributed by atoms with E-state index in [-0.39, 0.29) is 18.6 Å². The average molecular weight is 288 g/mol. The molecule has 0 saturated heterocycles. The van der Waals surface area contributed by atoms with Gasteiger partial charge in [0.05, 0.1) is 23.1 Å². The lowest BCUT2D eigenvalue weighted by Gasteiger charge is -2.07. The van der Waals surface area contributed by atoms with E-state index >= 15 is 0 Å². The van der Waals surface area contributed by atoms with Crippen LogP contribution >= 0.6 is 15.9 Å². The molecule has 1 aromatic rings. The minimum atomic E-state index is -1.03. The summed E-state index contributed by atoms with van der Waals surface area (Å²) in [4.78, 5) is 21.2. The van der Waals surface area contributed by atoms with E-state index in [2.05, 4.69) is 15.9 Å². The van der Waals surface area contributed by atoms with E-state index in [1.165, 1.54) is 12.1 Å². The van der Waals surface area contributed by atoms with Crippen LogP contribution in [-0.4, -0.2) is 23.6 Å². The van der Waals surface area contributed by atoms with Gasteiger partial charge in [0.25, 0.3) is 0 Å². The van der Waals surface area contributed by atoms with Gasteiger partial charge in [-0.15, -0.1) is 0 Å². The number of primary amides is 1. The number of hydrogen-bond donors (Lipinski definition) is 2. The van der Waals surface area contributed by atoms with Crippen molar-refractivity contribution in [2.75, 3.05) is 6.61 Å². The summed E-state index contributed by atoms with van der Waals surface area (Å²) in [6.07, 6.45) is 0.0870. The summed E-state index contributed by atoms with van der Waals surface area (Å²) in [6.45, 7) is 0.122. The van der Waals surface area contributed by atoms with Crippen LogP contribution in [0.5, 0.6) is 5.75 Å². The second-order valence-electron chi connectivity index (χ2n) is 3.02. The summed E-state index contributed by atoms with van der Waals surface area (Å²) in [5.41, 5.74) is 5.07. The zero-order valence-corrected chi connectivity index (χ0v) is 9.86. The van der Waals surface area contributed by atoms with E-state index in [0.29, 0.717) is 10.2 Å². The van der Waals surface area contributed by atoms with Crippen LogP contribution in [0, 0.1) is 0 Å². The molecule has 86 valence electrons. The van der Waals surface area contributed by atoms with Gasteiger partial charge in [0, 0.05) is 0 Å². The molecule has 0 fully saturated rings. The van der Waals surface area contributed by atoms with Crippen LogP contribution < -0.4 is 10.5 Å². The Morgan fingerprint density at radius 3 is 2.69 bits per heavy atom. The molecule has 0 atom stereocenters. The summed E-state index contributed by atoms with van der Waals surface area (Å²) >= 11 is 3.21. The number of carbonyl (C=O) groups is 2. The van der Waals surface area contributed by atoms with Gasteiger partial charge in [-0.1, -0.05) is 0 Å². The van der Waals surface area contributed by atoms with E-state index in [4.69, 9.17) is 15.6 Å². The number of carbonyl (C=O) groups excluding carboxylic acids is 1. The van der Waals surface area contributed by atoms with Crippen LogP contribution in [0.3, 0.4) is 0 Å². The molecule has 5 nitrogen and oxygen atoms in total. The minimum absolute atomic E-state index is 0.0870. The highest BCUT2D eigenvalue weighted by molar-refractivity contribution is 9.10. The predicted octanol–water partition coefficient (Wildman–Crippen LogP) is 1.40. The van der Waals surface area contributed by atoms with Crippen LogP contribution in [0.2, 0.25) is 0 Å². The SMILES string of the molecule is NC(=O)CCOc1cc(C(=O)O)ccc1Br. The van der Waals surface area contributed by atoms with E-state index in [0.717, 1.165) is 0 Å². The van der Waals surface area contributed by atoms with Crippen LogP contribution in [0.25, 0.3) is 0 Å². The zero-order chi connectivity index (χ0) is 12.1. The highest BCUT2D eigenvalue weighted by Crippen LogP contribution is 2.26. The second-order valence-corrected chi connectivity index (χ2v) is 3.87. The maximum absolute atomic E-state index is 10.7. The fourth-order valence-electron chi connectivity index (χ4n) is 1.01. The average Bonchev–Trinajstić information content (AvgIpc) is 2.20. The van der Waals surface area contributed by atoms with Crippen molar-refractivity contribution in [2.45, 2.75) is 6.42 Å². The molecule has 3 N–H and O–H groups in total. The Labute approximate surface area is 100 Å². The third kappa shape index (κ3) is 3.54. The molecular formula is C10H10BrNO4. The molecule has 0 bridgehead atoms. The molecule has 6 heteroatoms. The lowest BCUT2D eigenvalue weighted by molar-refractivity contribution is -0.118.